The minimum Gasteiger partial charge on any atom is -0.379 e. The standard InChI is InChI=1S/C21H28N4O6S/c1-14-5-6-16(13-17(14)32(29,30)24-9-11-31-12-10-24)22-18(26)15(2)25-19(27)21(23-20(25)28)7-3-4-8-21/h5-6,13,15H,3-4,7-12H2,1-2H3,(H,22,26)(H,23,28). The molecule has 1 spiro atoms. The maximum atomic E-state index is 13.1. The highest BCUT2D eigenvalue weighted by Gasteiger charge is 2.54. The summed E-state index contributed by atoms with van der Waals surface area (Å²) in [5.74, 6) is -0.940. The van der Waals surface area contributed by atoms with Crippen LogP contribution >= 0.6 is 0 Å². The maximum absolute atomic E-state index is 13.1. The van der Waals surface area contributed by atoms with E-state index in [2.05, 4.69) is 10.6 Å². The summed E-state index contributed by atoms with van der Waals surface area (Å²) < 4.78 is 32.7. The molecule has 1 unspecified atom stereocenters. The van der Waals surface area contributed by atoms with Crippen molar-refractivity contribution >= 4 is 33.6 Å². The Morgan fingerprint density at radius 3 is 2.50 bits per heavy atom. The van der Waals surface area contributed by atoms with Crippen LogP contribution in [0.1, 0.15) is 38.2 Å². The zero-order valence-corrected chi connectivity index (χ0v) is 19.0. The fourth-order valence-electron chi connectivity index (χ4n) is 4.56. The van der Waals surface area contributed by atoms with Gasteiger partial charge < -0.3 is 15.4 Å². The highest BCUT2D eigenvalue weighted by atomic mass is 32.2. The molecule has 32 heavy (non-hydrogen) atoms. The van der Waals surface area contributed by atoms with Crippen LogP contribution in [0.2, 0.25) is 0 Å². The number of benzene rings is 1. The van der Waals surface area contributed by atoms with E-state index in [1.54, 1.807) is 19.1 Å². The first kappa shape index (κ1) is 22.7. The number of ether oxygens (including phenoxy) is 1. The van der Waals surface area contributed by atoms with E-state index in [-0.39, 0.29) is 29.6 Å². The largest absolute Gasteiger partial charge is 0.379 e. The SMILES string of the molecule is Cc1ccc(NC(=O)C(C)N2C(=O)NC3(CCCC3)C2=O)cc1S(=O)(=O)N1CCOCC1. The number of hydrogen-bond donors (Lipinski definition) is 2. The number of carbonyl (C=O) groups excluding carboxylic acids is 3. The predicted octanol–water partition coefficient (Wildman–Crippen LogP) is 1.21. The van der Waals surface area contributed by atoms with E-state index in [1.807, 2.05) is 0 Å². The number of rotatable bonds is 5. The van der Waals surface area contributed by atoms with E-state index < -0.39 is 33.5 Å². The molecule has 4 rings (SSSR count). The molecule has 4 amide bonds. The Kier molecular flexibility index (Phi) is 5.99. The van der Waals surface area contributed by atoms with Gasteiger partial charge in [-0.2, -0.15) is 4.31 Å². The lowest BCUT2D eigenvalue weighted by Gasteiger charge is -2.27. The highest BCUT2D eigenvalue weighted by Crippen LogP contribution is 2.36. The van der Waals surface area contributed by atoms with Crippen molar-refractivity contribution in [3.8, 4) is 0 Å². The average molecular weight is 465 g/mol. The number of aryl methyl sites for hydroxylation is 1. The van der Waals surface area contributed by atoms with Gasteiger partial charge in [0, 0.05) is 18.8 Å². The Balaban J connectivity index is 1.52. The molecule has 174 valence electrons. The molecule has 2 heterocycles. The molecular formula is C21H28N4O6S. The van der Waals surface area contributed by atoms with Crippen molar-refractivity contribution in [1.82, 2.24) is 14.5 Å². The molecule has 1 aromatic carbocycles. The van der Waals surface area contributed by atoms with Crippen molar-refractivity contribution in [2.45, 2.75) is 56.0 Å². The number of nitrogens with one attached hydrogen (secondary N) is 2. The van der Waals surface area contributed by atoms with Gasteiger partial charge in [0.05, 0.1) is 18.1 Å². The summed E-state index contributed by atoms with van der Waals surface area (Å²) in [4.78, 5) is 39.3. The van der Waals surface area contributed by atoms with E-state index in [9.17, 15) is 22.8 Å². The summed E-state index contributed by atoms with van der Waals surface area (Å²) in [6.07, 6.45) is 2.85. The van der Waals surface area contributed by atoms with Crippen molar-refractivity contribution in [1.29, 1.82) is 0 Å². The predicted molar refractivity (Wildman–Crippen MR) is 115 cm³/mol. The number of nitrogens with zero attached hydrogens (tertiary/aromatic N) is 2. The maximum Gasteiger partial charge on any atom is 0.325 e. The molecule has 1 atom stereocenters. The molecule has 1 saturated carbocycles. The van der Waals surface area contributed by atoms with Crippen LogP contribution in [0.5, 0.6) is 0 Å². The summed E-state index contributed by atoms with van der Waals surface area (Å²) >= 11 is 0. The van der Waals surface area contributed by atoms with E-state index in [0.29, 0.717) is 31.6 Å². The van der Waals surface area contributed by atoms with Crippen LogP contribution in [0.4, 0.5) is 10.5 Å². The zero-order chi connectivity index (χ0) is 23.1. The summed E-state index contributed by atoms with van der Waals surface area (Å²) in [6.45, 7) is 4.38. The molecular weight excluding hydrogens is 436 g/mol. The minimum absolute atomic E-state index is 0.102. The molecule has 2 N–H and O–H groups in total. The second-order valence-corrected chi connectivity index (χ2v) is 10.5. The van der Waals surface area contributed by atoms with E-state index in [4.69, 9.17) is 4.74 Å². The van der Waals surface area contributed by atoms with Gasteiger partial charge in [0.25, 0.3) is 5.91 Å². The van der Waals surface area contributed by atoms with E-state index >= 15 is 0 Å². The number of carbonyl (C=O) groups is 3. The Labute approximate surface area is 187 Å². The lowest BCUT2D eigenvalue weighted by atomic mass is 9.97. The summed E-state index contributed by atoms with van der Waals surface area (Å²) in [6, 6.07) is 3.02. The third-order valence-electron chi connectivity index (χ3n) is 6.46. The molecule has 0 radical (unpaired) electrons. The van der Waals surface area contributed by atoms with Crippen LogP contribution in [0, 0.1) is 6.92 Å². The number of sulfonamides is 1. The minimum atomic E-state index is -3.75. The van der Waals surface area contributed by atoms with Gasteiger partial charge in [0.15, 0.2) is 0 Å². The van der Waals surface area contributed by atoms with Crippen LogP contribution in [-0.2, 0) is 24.3 Å². The molecule has 2 saturated heterocycles. The molecule has 0 bridgehead atoms. The fourth-order valence-corrected chi connectivity index (χ4v) is 6.21. The fraction of sp³-hybridized carbons (Fsp3) is 0.571. The van der Waals surface area contributed by atoms with Crippen molar-refractivity contribution in [3.05, 3.63) is 23.8 Å². The number of amides is 4. The van der Waals surface area contributed by atoms with Gasteiger partial charge in [-0.15, -0.1) is 0 Å². The lowest BCUT2D eigenvalue weighted by Crippen LogP contribution is -2.48. The monoisotopic (exact) mass is 464 g/mol. The third kappa shape index (κ3) is 3.89. The van der Waals surface area contributed by atoms with Gasteiger partial charge in [-0.1, -0.05) is 18.9 Å². The first-order valence-electron chi connectivity index (χ1n) is 10.8. The summed E-state index contributed by atoms with van der Waals surface area (Å²) in [5.41, 5.74) is -0.0590. The quantitative estimate of drug-likeness (QED) is 0.631. The molecule has 3 aliphatic rings. The van der Waals surface area contributed by atoms with Crippen molar-refractivity contribution in [2.24, 2.45) is 0 Å². The molecule has 2 aliphatic heterocycles. The Morgan fingerprint density at radius 1 is 1.19 bits per heavy atom. The molecule has 3 fully saturated rings. The van der Waals surface area contributed by atoms with Crippen LogP contribution in [0.25, 0.3) is 0 Å². The van der Waals surface area contributed by atoms with E-state index in [1.165, 1.54) is 17.3 Å². The Morgan fingerprint density at radius 2 is 1.84 bits per heavy atom. The van der Waals surface area contributed by atoms with Crippen LogP contribution in [0.15, 0.2) is 23.1 Å². The van der Waals surface area contributed by atoms with Gasteiger partial charge in [-0.25, -0.2) is 18.1 Å². The average Bonchev–Trinajstić information content (AvgIpc) is 3.34. The third-order valence-corrected chi connectivity index (χ3v) is 8.50. The number of anilines is 1. The molecule has 1 aliphatic carbocycles. The molecule has 0 aromatic heterocycles. The summed E-state index contributed by atoms with van der Waals surface area (Å²) in [5, 5.41) is 5.42. The lowest BCUT2D eigenvalue weighted by molar-refractivity contribution is -0.136. The summed E-state index contributed by atoms with van der Waals surface area (Å²) in [7, 11) is -3.75. The van der Waals surface area contributed by atoms with Crippen molar-refractivity contribution in [3.63, 3.8) is 0 Å². The molecule has 1 aromatic rings. The van der Waals surface area contributed by atoms with Crippen LogP contribution in [-0.4, -0.2) is 73.4 Å². The van der Waals surface area contributed by atoms with Crippen molar-refractivity contribution in [2.75, 3.05) is 31.6 Å². The first-order chi connectivity index (χ1) is 15.2. The molecule has 10 nitrogen and oxygen atoms in total. The van der Waals surface area contributed by atoms with Gasteiger partial charge in [-0.05, 0) is 44.4 Å². The second kappa shape index (κ2) is 8.45. The number of hydrogen-bond acceptors (Lipinski definition) is 6. The topological polar surface area (TPSA) is 125 Å². The Bertz CT molecular complexity index is 1040. The Hall–Kier alpha value is -2.50. The second-order valence-electron chi connectivity index (χ2n) is 8.56. The van der Waals surface area contributed by atoms with Gasteiger partial charge in [0.1, 0.15) is 11.6 Å². The van der Waals surface area contributed by atoms with Crippen LogP contribution < -0.4 is 10.6 Å². The zero-order valence-electron chi connectivity index (χ0n) is 18.2. The van der Waals surface area contributed by atoms with Gasteiger partial charge in [-0.3, -0.25) is 9.59 Å². The smallest absolute Gasteiger partial charge is 0.325 e. The highest BCUT2D eigenvalue weighted by molar-refractivity contribution is 7.89. The number of morpholine rings is 1. The number of imide groups is 1. The van der Waals surface area contributed by atoms with Crippen molar-refractivity contribution < 1.29 is 27.5 Å². The molecule has 11 heteroatoms. The van der Waals surface area contributed by atoms with E-state index in [0.717, 1.165) is 17.7 Å². The number of urea groups is 1. The van der Waals surface area contributed by atoms with Crippen LogP contribution in [0.3, 0.4) is 0 Å². The van der Waals surface area contributed by atoms with Gasteiger partial charge >= 0.3 is 6.03 Å². The first-order valence-corrected chi connectivity index (χ1v) is 12.2. The van der Waals surface area contributed by atoms with Gasteiger partial charge in [0.2, 0.25) is 15.9 Å². The normalized spacial score (nSPS) is 22.2.